The zero-order valence-corrected chi connectivity index (χ0v) is 7.56. The minimum Gasteiger partial charge on any atom is -0.479 e. The fourth-order valence-corrected chi connectivity index (χ4v) is 1.01. The van der Waals surface area contributed by atoms with Crippen molar-refractivity contribution in [2.75, 3.05) is 6.61 Å². The number of ether oxygens (including phenoxy) is 1. The van der Waals surface area contributed by atoms with Gasteiger partial charge in [0, 0.05) is 0 Å². The van der Waals surface area contributed by atoms with Gasteiger partial charge in [0.15, 0.2) is 0 Å². The van der Waals surface area contributed by atoms with Crippen molar-refractivity contribution in [3.05, 3.63) is 28.8 Å². The van der Waals surface area contributed by atoms with Crippen molar-refractivity contribution >= 4 is 11.6 Å². The van der Waals surface area contributed by atoms with Crippen molar-refractivity contribution in [2.45, 2.75) is 6.92 Å². The molecule has 1 aromatic rings. The molecule has 0 atom stereocenters. The molecule has 0 heterocycles. The van der Waals surface area contributed by atoms with Gasteiger partial charge in [-0.1, -0.05) is 23.6 Å². The molecule has 0 aliphatic heterocycles. The van der Waals surface area contributed by atoms with Crippen LogP contribution in [0.1, 0.15) is 5.56 Å². The average molecular weight is 181 g/mol. The van der Waals surface area contributed by atoms with Crippen LogP contribution >= 0.6 is 11.6 Å². The van der Waals surface area contributed by atoms with Gasteiger partial charge in [-0.05, 0) is 24.6 Å². The van der Waals surface area contributed by atoms with Crippen molar-refractivity contribution in [1.29, 1.82) is 0 Å². The summed E-state index contributed by atoms with van der Waals surface area (Å²) in [6.45, 7) is 2.22. The van der Waals surface area contributed by atoms with Crippen LogP contribution < -0.4 is 4.74 Å². The Kier molecular flexibility index (Phi) is 3.01. The standard InChI is InChI=1S/C10H9ClO/c1-3-6-12-10-7-8(2)4-5-9(10)11/h1,4-5,7H,6H2,2H3. The van der Waals surface area contributed by atoms with E-state index < -0.39 is 0 Å². The van der Waals surface area contributed by atoms with Crippen molar-refractivity contribution < 1.29 is 4.74 Å². The van der Waals surface area contributed by atoms with E-state index in [1.807, 2.05) is 19.1 Å². The molecule has 0 radical (unpaired) electrons. The SMILES string of the molecule is C#CCOc1cc(C)ccc1Cl. The fraction of sp³-hybridized carbons (Fsp3) is 0.200. The summed E-state index contributed by atoms with van der Waals surface area (Å²) >= 11 is 5.84. The number of hydrogen-bond acceptors (Lipinski definition) is 1. The highest BCUT2D eigenvalue weighted by Crippen LogP contribution is 2.24. The zero-order chi connectivity index (χ0) is 8.97. The van der Waals surface area contributed by atoms with E-state index in [1.54, 1.807) is 6.07 Å². The zero-order valence-electron chi connectivity index (χ0n) is 6.80. The predicted octanol–water partition coefficient (Wildman–Crippen LogP) is 2.66. The average Bonchev–Trinajstić information content (AvgIpc) is 2.07. The summed E-state index contributed by atoms with van der Waals surface area (Å²) in [4.78, 5) is 0. The molecule has 62 valence electrons. The summed E-state index contributed by atoms with van der Waals surface area (Å²) in [5, 5.41) is 0.593. The van der Waals surface area contributed by atoms with Crippen molar-refractivity contribution in [3.8, 4) is 18.1 Å². The van der Waals surface area contributed by atoms with E-state index in [0.717, 1.165) is 5.56 Å². The Hall–Kier alpha value is -1.13. The molecule has 0 amide bonds. The van der Waals surface area contributed by atoms with Crippen molar-refractivity contribution in [2.24, 2.45) is 0 Å². The summed E-state index contributed by atoms with van der Waals surface area (Å²) in [6.07, 6.45) is 5.05. The summed E-state index contributed by atoms with van der Waals surface area (Å²) in [6, 6.07) is 5.58. The summed E-state index contributed by atoms with van der Waals surface area (Å²) < 4.78 is 5.20. The van der Waals surface area contributed by atoms with E-state index >= 15 is 0 Å². The highest BCUT2D eigenvalue weighted by molar-refractivity contribution is 6.32. The van der Waals surface area contributed by atoms with Gasteiger partial charge in [-0.15, -0.1) is 6.42 Å². The van der Waals surface area contributed by atoms with Gasteiger partial charge in [-0.2, -0.15) is 0 Å². The normalized spacial score (nSPS) is 9.08. The number of hydrogen-bond donors (Lipinski definition) is 0. The predicted molar refractivity (Wildman–Crippen MR) is 50.5 cm³/mol. The molecule has 0 saturated carbocycles. The van der Waals surface area contributed by atoms with Crippen molar-refractivity contribution in [1.82, 2.24) is 0 Å². The van der Waals surface area contributed by atoms with Gasteiger partial charge in [0.1, 0.15) is 12.4 Å². The lowest BCUT2D eigenvalue weighted by Gasteiger charge is -2.04. The van der Waals surface area contributed by atoms with E-state index in [1.165, 1.54) is 0 Å². The molecule has 1 nitrogen and oxygen atoms in total. The van der Waals surface area contributed by atoms with Crippen LogP contribution in [0.25, 0.3) is 0 Å². The maximum Gasteiger partial charge on any atom is 0.148 e. The van der Waals surface area contributed by atoms with Crippen LogP contribution in [0.3, 0.4) is 0 Å². The highest BCUT2D eigenvalue weighted by Gasteiger charge is 1.99. The molecule has 0 spiro atoms. The number of aryl methyl sites for hydroxylation is 1. The van der Waals surface area contributed by atoms with Gasteiger partial charge in [0.05, 0.1) is 5.02 Å². The van der Waals surface area contributed by atoms with Crippen LogP contribution in [0.4, 0.5) is 0 Å². The van der Waals surface area contributed by atoms with Crippen molar-refractivity contribution in [3.63, 3.8) is 0 Å². The molecule has 0 unspecified atom stereocenters. The molecule has 0 N–H and O–H groups in total. The first-order valence-corrected chi connectivity index (χ1v) is 3.94. The third kappa shape index (κ3) is 2.18. The Bertz CT molecular complexity index is 312. The van der Waals surface area contributed by atoms with Gasteiger partial charge in [-0.25, -0.2) is 0 Å². The number of terminal acetylenes is 1. The fourth-order valence-electron chi connectivity index (χ4n) is 0.841. The second-order valence-electron chi connectivity index (χ2n) is 2.43. The summed E-state index contributed by atoms with van der Waals surface area (Å²) in [7, 11) is 0. The minimum atomic E-state index is 0.253. The topological polar surface area (TPSA) is 9.23 Å². The van der Waals surface area contributed by atoms with Gasteiger partial charge in [-0.3, -0.25) is 0 Å². The first-order valence-electron chi connectivity index (χ1n) is 3.56. The Morgan fingerprint density at radius 1 is 1.58 bits per heavy atom. The van der Waals surface area contributed by atoms with Crippen LogP contribution in [0.2, 0.25) is 5.02 Å². The molecule has 1 rings (SSSR count). The second kappa shape index (κ2) is 4.04. The second-order valence-corrected chi connectivity index (χ2v) is 2.83. The van der Waals surface area contributed by atoms with Crippen LogP contribution in [-0.4, -0.2) is 6.61 Å². The van der Waals surface area contributed by atoms with Crippen LogP contribution in [0, 0.1) is 19.3 Å². The van der Waals surface area contributed by atoms with E-state index in [4.69, 9.17) is 22.8 Å². The lowest BCUT2D eigenvalue weighted by atomic mass is 10.2. The Labute approximate surface area is 77.3 Å². The lowest BCUT2D eigenvalue weighted by molar-refractivity contribution is 0.370. The minimum absolute atomic E-state index is 0.253. The lowest BCUT2D eigenvalue weighted by Crippen LogP contribution is -1.94. The van der Waals surface area contributed by atoms with E-state index in [2.05, 4.69) is 5.92 Å². The molecule has 2 heteroatoms. The quantitative estimate of drug-likeness (QED) is 0.636. The van der Waals surface area contributed by atoms with Crippen LogP contribution in [0.15, 0.2) is 18.2 Å². The molecule has 0 aliphatic carbocycles. The smallest absolute Gasteiger partial charge is 0.148 e. The number of benzene rings is 1. The molecule has 1 aromatic carbocycles. The third-order valence-electron chi connectivity index (χ3n) is 1.40. The largest absolute Gasteiger partial charge is 0.479 e. The third-order valence-corrected chi connectivity index (χ3v) is 1.71. The first-order chi connectivity index (χ1) is 5.74. The Balaban J connectivity index is 2.84. The maximum atomic E-state index is 5.84. The molecular weight excluding hydrogens is 172 g/mol. The maximum absolute atomic E-state index is 5.84. The van der Waals surface area contributed by atoms with E-state index in [0.29, 0.717) is 10.8 Å². The Morgan fingerprint density at radius 3 is 3.00 bits per heavy atom. The van der Waals surface area contributed by atoms with Crippen LogP contribution in [-0.2, 0) is 0 Å². The van der Waals surface area contributed by atoms with Crippen LogP contribution in [0.5, 0.6) is 5.75 Å². The molecular formula is C10H9ClO. The van der Waals surface area contributed by atoms with Gasteiger partial charge >= 0.3 is 0 Å². The van der Waals surface area contributed by atoms with Gasteiger partial charge in [0.2, 0.25) is 0 Å². The molecule has 0 bridgehead atoms. The van der Waals surface area contributed by atoms with Gasteiger partial charge in [0.25, 0.3) is 0 Å². The van der Waals surface area contributed by atoms with E-state index in [9.17, 15) is 0 Å². The Morgan fingerprint density at radius 2 is 2.33 bits per heavy atom. The first kappa shape index (κ1) is 8.96. The monoisotopic (exact) mass is 180 g/mol. The molecule has 0 saturated heterocycles. The molecule has 0 aromatic heterocycles. The molecule has 0 aliphatic rings. The summed E-state index contributed by atoms with van der Waals surface area (Å²) in [5.41, 5.74) is 1.10. The molecule has 0 fully saturated rings. The highest BCUT2D eigenvalue weighted by atomic mass is 35.5. The molecule has 12 heavy (non-hydrogen) atoms. The van der Waals surface area contributed by atoms with Gasteiger partial charge < -0.3 is 4.74 Å². The van der Waals surface area contributed by atoms with E-state index in [-0.39, 0.29) is 6.61 Å². The number of rotatable bonds is 2. The summed E-state index contributed by atoms with van der Waals surface area (Å²) in [5.74, 6) is 3.03. The number of halogens is 1.